The van der Waals surface area contributed by atoms with E-state index in [-0.39, 0.29) is 24.1 Å². The summed E-state index contributed by atoms with van der Waals surface area (Å²) in [5.41, 5.74) is 5.81. The van der Waals surface area contributed by atoms with E-state index < -0.39 is 0 Å². The summed E-state index contributed by atoms with van der Waals surface area (Å²) in [6.07, 6.45) is 4.83. The van der Waals surface area contributed by atoms with Crippen molar-refractivity contribution in [2.75, 3.05) is 6.61 Å². The van der Waals surface area contributed by atoms with Gasteiger partial charge in [0.25, 0.3) is 0 Å². The molecule has 0 bridgehead atoms. The number of hydrogen-bond acceptors (Lipinski definition) is 3. The Morgan fingerprint density at radius 1 is 1.39 bits per heavy atom. The Morgan fingerprint density at radius 3 is 2.39 bits per heavy atom. The van der Waals surface area contributed by atoms with Crippen molar-refractivity contribution in [3.63, 3.8) is 0 Å². The summed E-state index contributed by atoms with van der Waals surface area (Å²) in [5, 5.41) is 3.14. The summed E-state index contributed by atoms with van der Waals surface area (Å²) in [5.74, 6) is -0.333. The Hall–Kier alpha value is -0.610. The highest BCUT2D eigenvalue weighted by molar-refractivity contribution is 5.80. The fourth-order valence-corrected chi connectivity index (χ4v) is 2.39. The molecule has 1 amide bonds. The van der Waals surface area contributed by atoms with Gasteiger partial charge in [-0.1, -0.05) is 27.7 Å². The van der Waals surface area contributed by atoms with Crippen molar-refractivity contribution in [2.45, 2.75) is 71.6 Å². The number of primary amides is 1. The van der Waals surface area contributed by atoms with Gasteiger partial charge in [0.05, 0.1) is 12.7 Å². The zero-order valence-corrected chi connectivity index (χ0v) is 12.2. The molecule has 1 saturated carbocycles. The number of nitrogens with two attached hydrogens (primary N) is 1. The minimum absolute atomic E-state index is 0.233. The smallest absolute Gasteiger partial charge is 0.236 e. The average Bonchev–Trinajstić information content (AvgIpc) is 2.25. The second-order valence-corrected chi connectivity index (χ2v) is 6.47. The summed E-state index contributed by atoms with van der Waals surface area (Å²) >= 11 is 0. The molecule has 0 heterocycles. The molecule has 0 aliphatic heterocycles. The Bertz CT molecular complexity index is 267. The second kappa shape index (κ2) is 6.53. The highest BCUT2D eigenvalue weighted by Gasteiger charge is 2.28. The molecule has 18 heavy (non-hydrogen) atoms. The third-order valence-corrected chi connectivity index (χ3v) is 3.66. The fraction of sp³-hybridized carbons (Fsp3) is 0.929. The normalized spacial score (nSPS) is 22.1. The second-order valence-electron chi connectivity index (χ2n) is 6.47. The molecule has 4 nitrogen and oxygen atoms in total. The first-order valence-corrected chi connectivity index (χ1v) is 6.97. The lowest BCUT2D eigenvalue weighted by atomic mass is 9.76. The molecule has 0 aromatic heterocycles. The Morgan fingerprint density at radius 2 is 1.94 bits per heavy atom. The van der Waals surface area contributed by atoms with Crippen molar-refractivity contribution in [1.29, 1.82) is 0 Å². The number of carbonyl (C=O) groups excluding carboxylic acids is 1. The zero-order chi connectivity index (χ0) is 13.8. The van der Waals surface area contributed by atoms with Crippen LogP contribution in [-0.2, 0) is 9.53 Å². The minimum atomic E-state index is -0.375. The SMILES string of the molecule is CC(C)NC(COC1CCC(C)(C)CC1)C(N)=O. The number of rotatable bonds is 6. The van der Waals surface area contributed by atoms with E-state index in [0.29, 0.717) is 12.0 Å². The minimum Gasteiger partial charge on any atom is -0.376 e. The molecule has 0 saturated heterocycles. The predicted octanol–water partition coefficient (Wildman–Crippen LogP) is 1.82. The van der Waals surface area contributed by atoms with Gasteiger partial charge in [-0.25, -0.2) is 0 Å². The van der Waals surface area contributed by atoms with E-state index >= 15 is 0 Å². The molecule has 1 atom stereocenters. The van der Waals surface area contributed by atoms with Gasteiger partial charge in [-0.15, -0.1) is 0 Å². The lowest BCUT2D eigenvalue weighted by Crippen LogP contribution is -2.48. The van der Waals surface area contributed by atoms with E-state index in [1.165, 1.54) is 12.8 Å². The number of ether oxygens (including phenoxy) is 1. The predicted molar refractivity (Wildman–Crippen MR) is 73.2 cm³/mol. The highest BCUT2D eigenvalue weighted by atomic mass is 16.5. The molecule has 106 valence electrons. The van der Waals surface area contributed by atoms with Gasteiger partial charge in [-0.05, 0) is 31.1 Å². The maximum absolute atomic E-state index is 11.3. The monoisotopic (exact) mass is 256 g/mol. The number of hydrogen-bond donors (Lipinski definition) is 2. The van der Waals surface area contributed by atoms with Gasteiger partial charge < -0.3 is 15.8 Å². The molecule has 4 heteroatoms. The summed E-state index contributed by atoms with van der Waals surface area (Å²) in [7, 11) is 0. The van der Waals surface area contributed by atoms with Crippen LogP contribution in [0.1, 0.15) is 53.4 Å². The third kappa shape index (κ3) is 5.36. The molecule has 0 radical (unpaired) electrons. The van der Waals surface area contributed by atoms with Crippen LogP contribution in [0.15, 0.2) is 0 Å². The molecular weight excluding hydrogens is 228 g/mol. The molecule has 1 aliphatic rings. The largest absolute Gasteiger partial charge is 0.376 e. The maximum atomic E-state index is 11.3. The lowest BCUT2D eigenvalue weighted by molar-refractivity contribution is -0.122. The molecule has 3 N–H and O–H groups in total. The van der Waals surface area contributed by atoms with E-state index in [2.05, 4.69) is 19.2 Å². The van der Waals surface area contributed by atoms with Crippen LogP contribution in [0.4, 0.5) is 0 Å². The fourth-order valence-electron chi connectivity index (χ4n) is 2.39. The first-order valence-electron chi connectivity index (χ1n) is 6.97. The van der Waals surface area contributed by atoms with E-state index in [0.717, 1.165) is 12.8 Å². The highest BCUT2D eigenvalue weighted by Crippen LogP contribution is 2.36. The van der Waals surface area contributed by atoms with Crippen molar-refractivity contribution >= 4 is 5.91 Å². The van der Waals surface area contributed by atoms with Gasteiger partial charge in [0.2, 0.25) is 5.91 Å². The Kier molecular flexibility index (Phi) is 5.60. The van der Waals surface area contributed by atoms with Crippen molar-refractivity contribution in [3.05, 3.63) is 0 Å². The summed E-state index contributed by atoms with van der Waals surface area (Å²) in [6.45, 7) is 8.99. The van der Waals surface area contributed by atoms with Gasteiger partial charge in [0, 0.05) is 6.04 Å². The number of carbonyl (C=O) groups is 1. The topological polar surface area (TPSA) is 64.3 Å². The summed E-state index contributed by atoms with van der Waals surface area (Å²) in [6, 6.07) is -0.142. The molecular formula is C14H28N2O2. The van der Waals surface area contributed by atoms with Crippen LogP contribution >= 0.6 is 0 Å². The quantitative estimate of drug-likeness (QED) is 0.762. The van der Waals surface area contributed by atoms with Crippen LogP contribution in [0, 0.1) is 5.41 Å². The standard InChI is InChI=1S/C14H28N2O2/c1-10(2)16-12(13(15)17)9-18-11-5-7-14(3,4)8-6-11/h10-12,16H,5-9H2,1-4H3,(H2,15,17). The van der Waals surface area contributed by atoms with Crippen molar-refractivity contribution < 1.29 is 9.53 Å². The lowest BCUT2D eigenvalue weighted by Gasteiger charge is -2.34. The first kappa shape index (κ1) is 15.4. The van der Waals surface area contributed by atoms with Crippen LogP contribution < -0.4 is 11.1 Å². The Labute approximate surface area is 111 Å². The molecule has 0 aromatic carbocycles. The zero-order valence-electron chi connectivity index (χ0n) is 12.2. The van der Waals surface area contributed by atoms with Gasteiger partial charge in [-0.2, -0.15) is 0 Å². The van der Waals surface area contributed by atoms with E-state index in [1.54, 1.807) is 0 Å². The van der Waals surface area contributed by atoms with Crippen LogP contribution in [0.5, 0.6) is 0 Å². The van der Waals surface area contributed by atoms with Crippen molar-refractivity contribution in [2.24, 2.45) is 11.1 Å². The van der Waals surface area contributed by atoms with Gasteiger partial charge in [0.15, 0.2) is 0 Å². The maximum Gasteiger partial charge on any atom is 0.236 e. The summed E-state index contributed by atoms with van der Waals surface area (Å²) < 4.78 is 5.84. The molecule has 1 aliphatic carbocycles. The van der Waals surface area contributed by atoms with E-state index in [1.807, 2.05) is 13.8 Å². The Balaban J connectivity index is 2.32. The molecule has 0 aromatic rings. The van der Waals surface area contributed by atoms with Gasteiger partial charge in [-0.3, -0.25) is 4.79 Å². The molecule has 0 spiro atoms. The first-order chi connectivity index (χ1) is 8.30. The third-order valence-electron chi connectivity index (χ3n) is 3.66. The molecule has 1 rings (SSSR count). The van der Waals surface area contributed by atoms with Crippen LogP contribution in [0.3, 0.4) is 0 Å². The average molecular weight is 256 g/mol. The molecule has 1 unspecified atom stereocenters. The van der Waals surface area contributed by atoms with Crippen molar-refractivity contribution in [3.8, 4) is 0 Å². The van der Waals surface area contributed by atoms with E-state index in [9.17, 15) is 4.79 Å². The van der Waals surface area contributed by atoms with Crippen LogP contribution in [-0.4, -0.2) is 30.7 Å². The van der Waals surface area contributed by atoms with Crippen LogP contribution in [0.25, 0.3) is 0 Å². The summed E-state index contributed by atoms with van der Waals surface area (Å²) in [4.78, 5) is 11.3. The number of nitrogens with one attached hydrogen (secondary N) is 1. The van der Waals surface area contributed by atoms with Gasteiger partial charge >= 0.3 is 0 Å². The van der Waals surface area contributed by atoms with E-state index in [4.69, 9.17) is 10.5 Å². The number of amides is 1. The molecule has 1 fully saturated rings. The van der Waals surface area contributed by atoms with Gasteiger partial charge in [0.1, 0.15) is 6.04 Å². The van der Waals surface area contributed by atoms with Crippen LogP contribution in [0.2, 0.25) is 0 Å². The van der Waals surface area contributed by atoms with Crippen molar-refractivity contribution in [1.82, 2.24) is 5.32 Å².